The highest BCUT2D eigenvalue weighted by molar-refractivity contribution is 5.85. The minimum absolute atomic E-state index is 0.461. The minimum atomic E-state index is -0.461. The topological polar surface area (TPSA) is 44.1 Å². The monoisotopic (exact) mass is 318 g/mol. The van der Waals surface area contributed by atoms with Gasteiger partial charge in [0.15, 0.2) is 0 Å². The Labute approximate surface area is 140 Å². The molecule has 0 atom stereocenters. The van der Waals surface area contributed by atoms with E-state index in [1.165, 1.54) is 22.9 Å². The van der Waals surface area contributed by atoms with E-state index in [1.54, 1.807) is 0 Å². The molecule has 3 aromatic rings. The normalized spacial score (nSPS) is 12.4. The van der Waals surface area contributed by atoms with Crippen molar-refractivity contribution < 1.29 is 9.53 Å². The molecule has 0 saturated heterocycles. The van der Waals surface area contributed by atoms with Gasteiger partial charge in [-0.2, -0.15) is 9.78 Å². The van der Waals surface area contributed by atoms with Crippen LogP contribution < -0.4 is 0 Å². The Bertz CT molecular complexity index is 923. The number of benzene rings is 2. The molecule has 0 saturated carbocycles. The maximum absolute atomic E-state index is 12.3. The van der Waals surface area contributed by atoms with Gasteiger partial charge in [0.1, 0.15) is 0 Å². The van der Waals surface area contributed by atoms with E-state index in [1.807, 2.05) is 43.3 Å². The van der Waals surface area contributed by atoms with E-state index in [4.69, 9.17) is 4.74 Å². The summed E-state index contributed by atoms with van der Waals surface area (Å²) in [5.74, 6) is 0. The average Bonchev–Trinajstić information content (AvgIpc) is 3.01. The number of ether oxygens (including phenoxy) is 1. The van der Waals surface area contributed by atoms with Crippen LogP contribution in [0.4, 0.5) is 4.79 Å². The molecule has 1 aliphatic carbocycles. The first-order chi connectivity index (χ1) is 11.7. The van der Waals surface area contributed by atoms with Crippen molar-refractivity contribution in [3.8, 4) is 22.5 Å². The number of aromatic nitrogens is 2. The standard InChI is InChI=1S/C20H18N2O2/c1-13-7-9-15(10-8-13)19-17-12-11-14-5-3-4-6-16(14)18(17)21-22(19)20(23)24-2/h3-10H,11-12H2,1-2H3. The molecule has 0 unspecified atom stereocenters. The largest absolute Gasteiger partial charge is 0.451 e. The summed E-state index contributed by atoms with van der Waals surface area (Å²) in [6.07, 6.45) is 1.36. The second-order valence-electron chi connectivity index (χ2n) is 6.08. The van der Waals surface area contributed by atoms with Gasteiger partial charge in [0, 0.05) is 16.7 Å². The highest BCUT2D eigenvalue weighted by Crippen LogP contribution is 2.38. The summed E-state index contributed by atoms with van der Waals surface area (Å²) in [5, 5.41) is 4.60. The fourth-order valence-electron chi connectivity index (χ4n) is 3.36. The fourth-order valence-corrected chi connectivity index (χ4v) is 3.36. The molecule has 0 amide bonds. The van der Waals surface area contributed by atoms with Gasteiger partial charge in [-0.25, -0.2) is 4.79 Å². The summed E-state index contributed by atoms with van der Waals surface area (Å²) in [6, 6.07) is 16.4. The molecule has 120 valence electrons. The van der Waals surface area contributed by atoms with Gasteiger partial charge in [-0.05, 0) is 25.3 Å². The van der Waals surface area contributed by atoms with Crippen LogP contribution in [0.5, 0.6) is 0 Å². The lowest BCUT2D eigenvalue weighted by Crippen LogP contribution is -2.14. The van der Waals surface area contributed by atoms with Crippen LogP contribution in [0.2, 0.25) is 0 Å². The number of carbonyl (C=O) groups excluding carboxylic acids is 1. The number of hydrogen-bond acceptors (Lipinski definition) is 3. The number of carbonyl (C=O) groups is 1. The van der Waals surface area contributed by atoms with Crippen LogP contribution in [-0.2, 0) is 17.6 Å². The Hall–Kier alpha value is -2.88. The zero-order valence-corrected chi connectivity index (χ0v) is 13.7. The molecule has 2 aromatic carbocycles. The van der Waals surface area contributed by atoms with Crippen molar-refractivity contribution >= 4 is 6.09 Å². The van der Waals surface area contributed by atoms with Crippen LogP contribution in [-0.4, -0.2) is 23.0 Å². The van der Waals surface area contributed by atoms with Crippen molar-refractivity contribution in [1.29, 1.82) is 0 Å². The van der Waals surface area contributed by atoms with Crippen LogP contribution in [0.25, 0.3) is 22.5 Å². The van der Waals surface area contributed by atoms with E-state index >= 15 is 0 Å². The zero-order valence-electron chi connectivity index (χ0n) is 13.7. The van der Waals surface area contributed by atoms with Crippen molar-refractivity contribution in [1.82, 2.24) is 9.78 Å². The highest BCUT2D eigenvalue weighted by atomic mass is 16.5. The number of aryl methyl sites for hydroxylation is 2. The van der Waals surface area contributed by atoms with E-state index < -0.39 is 6.09 Å². The van der Waals surface area contributed by atoms with Gasteiger partial charge in [0.05, 0.1) is 18.5 Å². The zero-order chi connectivity index (χ0) is 16.7. The van der Waals surface area contributed by atoms with Crippen LogP contribution in [0.1, 0.15) is 16.7 Å². The summed E-state index contributed by atoms with van der Waals surface area (Å²) in [4.78, 5) is 12.3. The van der Waals surface area contributed by atoms with Crippen LogP contribution >= 0.6 is 0 Å². The molecular formula is C20H18N2O2. The van der Waals surface area contributed by atoms with Crippen LogP contribution in [0.3, 0.4) is 0 Å². The molecule has 4 nitrogen and oxygen atoms in total. The lowest BCUT2D eigenvalue weighted by Gasteiger charge is -2.16. The molecule has 0 bridgehead atoms. The first-order valence-corrected chi connectivity index (χ1v) is 8.04. The number of nitrogens with zero attached hydrogens (tertiary/aromatic N) is 2. The summed E-state index contributed by atoms with van der Waals surface area (Å²) in [7, 11) is 1.38. The van der Waals surface area contributed by atoms with E-state index in [2.05, 4.69) is 17.2 Å². The summed E-state index contributed by atoms with van der Waals surface area (Å²) >= 11 is 0. The molecule has 1 aromatic heterocycles. The van der Waals surface area contributed by atoms with Crippen molar-refractivity contribution in [2.75, 3.05) is 7.11 Å². The predicted molar refractivity (Wildman–Crippen MR) is 93.0 cm³/mol. The van der Waals surface area contributed by atoms with Gasteiger partial charge in [-0.15, -0.1) is 0 Å². The number of rotatable bonds is 1. The Kier molecular flexibility index (Phi) is 3.45. The second-order valence-corrected chi connectivity index (χ2v) is 6.08. The van der Waals surface area contributed by atoms with Crippen molar-refractivity contribution in [3.63, 3.8) is 0 Å². The maximum Gasteiger partial charge on any atom is 0.435 e. The van der Waals surface area contributed by atoms with E-state index in [0.29, 0.717) is 0 Å². The number of fused-ring (bicyclic) bond motifs is 3. The van der Waals surface area contributed by atoms with Gasteiger partial charge in [-0.3, -0.25) is 0 Å². The van der Waals surface area contributed by atoms with Gasteiger partial charge in [0.25, 0.3) is 0 Å². The molecule has 4 rings (SSSR count). The molecule has 0 N–H and O–H groups in total. The third-order valence-corrected chi connectivity index (χ3v) is 4.57. The van der Waals surface area contributed by atoms with Crippen molar-refractivity contribution in [2.24, 2.45) is 0 Å². The first-order valence-electron chi connectivity index (χ1n) is 8.04. The molecule has 1 aliphatic rings. The predicted octanol–water partition coefficient (Wildman–Crippen LogP) is 4.24. The van der Waals surface area contributed by atoms with Gasteiger partial charge < -0.3 is 4.74 Å². The van der Waals surface area contributed by atoms with Crippen LogP contribution in [0, 0.1) is 6.92 Å². The second kappa shape index (κ2) is 5.64. The fraction of sp³-hybridized carbons (Fsp3) is 0.200. The quantitative estimate of drug-likeness (QED) is 0.674. The summed E-state index contributed by atoms with van der Waals surface area (Å²) in [6.45, 7) is 2.05. The first kappa shape index (κ1) is 14.7. The SMILES string of the molecule is COC(=O)n1nc2c(c1-c1ccc(C)cc1)CCc1ccccc1-2. The molecule has 1 heterocycles. The highest BCUT2D eigenvalue weighted by Gasteiger charge is 2.27. The van der Waals surface area contributed by atoms with Gasteiger partial charge in [-0.1, -0.05) is 54.1 Å². The Morgan fingerprint density at radius 1 is 1.08 bits per heavy atom. The van der Waals surface area contributed by atoms with E-state index in [-0.39, 0.29) is 0 Å². The smallest absolute Gasteiger partial charge is 0.435 e. The third-order valence-electron chi connectivity index (χ3n) is 4.57. The third kappa shape index (κ3) is 2.22. The van der Waals surface area contributed by atoms with Crippen LogP contribution in [0.15, 0.2) is 48.5 Å². The molecule has 0 aliphatic heterocycles. The molecule has 0 radical (unpaired) electrons. The van der Waals surface area contributed by atoms with E-state index in [0.717, 1.165) is 40.9 Å². The maximum atomic E-state index is 12.3. The van der Waals surface area contributed by atoms with E-state index in [9.17, 15) is 4.79 Å². The molecule has 4 heteroatoms. The Balaban J connectivity index is 1.98. The van der Waals surface area contributed by atoms with Gasteiger partial charge in [0.2, 0.25) is 0 Å². The lowest BCUT2D eigenvalue weighted by atomic mass is 9.88. The molecule has 24 heavy (non-hydrogen) atoms. The molecular weight excluding hydrogens is 300 g/mol. The van der Waals surface area contributed by atoms with Gasteiger partial charge >= 0.3 is 6.09 Å². The van der Waals surface area contributed by atoms with Crippen molar-refractivity contribution in [3.05, 3.63) is 65.2 Å². The van der Waals surface area contributed by atoms with Crippen molar-refractivity contribution in [2.45, 2.75) is 19.8 Å². The Morgan fingerprint density at radius 2 is 1.83 bits per heavy atom. The minimum Gasteiger partial charge on any atom is -0.451 e. The summed E-state index contributed by atoms with van der Waals surface area (Å²) < 4.78 is 6.35. The number of methoxy groups -OCH3 is 1. The summed E-state index contributed by atoms with van der Waals surface area (Å²) in [5.41, 5.74) is 7.39. The number of hydrogen-bond donors (Lipinski definition) is 0. The molecule has 0 spiro atoms. The lowest BCUT2D eigenvalue weighted by molar-refractivity contribution is 0.169. The molecule has 0 fully saturated rings. The Morgan fingerprint density at radius 3 is 2.58 bits per heavy atom. The average molecular weight is 318 g/mol.